The molecule has 29 heavy (non-hydrogen) atoms. The first-order valence-electron chi connectivity index (χ1n) is 9.13. The van der Waals surface area contributed by atoms with Gasteiger partial charge in [-0.2, -0.15) is 0 Å². The van der Waals surface area contributed by atoms with E-state index in [0.717, 1.165) is 27.7 Å². The first-order chi connectivity index (χ1) is 14.3. The third-order valence-electron chi connectivity index (χ3n) is 4.49. The highest BCUT2D eigenvalue weighted by Gasteiger charge is 2.18. The second-order valence-electron chi connectivity index (χ2n) is 6.56. The van der Waals surface area contributed by atoms with Gasteiger partial charge < -0.3 is 4.98 Å². The highest BCUT2D eigenvalue weighted by atomic mass is 32.2. The van der Waals surface area contributed by atoms with E-state index in [1.54, 1.807) is 30.4 Å². The molecule has 8 heteroatoms. The molecule has 5 rings (SSSR count). The van der Waals surface area contributed by atoms with Crippen molar-refractivity contribution in [2.75, 3.05) is 0 Å². The van der Waals surface area contributed by atoms with Gasteiger partial charge in [0.1, 0.15) is 11.5 Å². The minimum atomic E-state index is 0.652. The third kappa shape index (κ3) is 3.50. The Kier molecular flexibility index (Phi) is 4.53. The molecule has 0 unspecified atom stereocenters. The van der Waals surface area contributed by atoms with Gasteiger partial charge in [0.05, 0.1) is 23.0 Å². The van der Waals surface area contributed by atoms with Crippen molar-refractivity contribution in [2.24, 2.45) is 0 Å². The maximum Gasteiger partial charge on any atom is 0.196 e. The molecule has 5 aromatic rings. The number of nitrogens with one attached hydrogen (secondary N) is 1. The molecule has 0 radical (unpaired) electrons. The Hall–Kier alpha value is -3.52. The number of benzene rings is 2. The number of aromatic amines is 1. The fraction of sp³-hybridized carbons (Fsp3) is 0.0952. The number of aromatic nitrogens is 7. The Bertz CT molecular complexity index is 1230. The van der Waals surface area contributed by atoms with Crippen LogP contribution in [0.2, 0.25) is 0 Å². The molecular formula is C21H17N7S. The standard InChI is InChI=1S/C21H17N7S/c1-14-6-8-15(9-7-14)28-20(18-12-22-10-11-23-18)26-27-21(28)29-13-19-24-16-4-2-3-5-17(16)25-19/h2-12H,13H2,1H3,(H,24,25). The van der Waals surface area contributed by atoms with Crippen LogP contribution in [-0.2, 0) is 5.75 Å². The summed E-state index contributed by atoms with van der Waals surface area (Å²) < 4.78 is 2.01. The van der Waals surface area contributed by atoms with Crippen molar-refractivity contribution in [1.82, 2.24) is 34.7 Å². The van der Waals surface area contributed by atoms with E-state index >= 15 is 0 Å². The Morgan fingerprint density at radius 1 is 1.00 bits per heavy atom. The molecule has 0 fully saturated rings. The summed E-state index contributed by atoms with van der Waals surface area (Å²) in [6.45, 7) is 2.07. The van der Waals surface area contributed by atoms with Crippen LogP contribution in [0.5, 0.6) is 0 Å². The van der Waals surface area contributed by atoms with Gasteiger partial charge in [-0.1, -0.05) is 41.6 Å². The Morgan fingerprint density at radius 3 is 2.66 bits per heavy atom. The minimum Gasteiger partial charge on any atom is -0.341 e. The van der Waals surface area contributed by atoms with E-state index in [4.69, 9.17) is 0 Å². The van der Waals surface area contributed by atoms with E-state index in [0.29, 0.717) is 17.3 Å². The number of imidazole rings is 1. The molecule has 0 saturated carbocycles. The van der Waals surface area contributed by atoms with Crippen LogP contribution in [0, 0.1) is 6.92 Å². The summed E-state index contributed by atoms with van der Waals surface area (Å²) in [5.74, 6) is 2.21. The van der Waals surface area contributed by atoms with Gasteiger partial charge in [-0.3, -0.25) is 9.55 Å². The van der Waals surface area contributed by atoms with Gasteiger partial charge in [0, 0.05) is 18.1 Å². The molecule has 0 saturated heterocycles. The van der Waals surface area contributed by atoms with Crippen LogP contribution in [0.3, 0.4) is 0 Å². The molecular weight excluding hydrogens is 382 g/mol. The molecule has 0 atom stereocenters. The van der Waals surface area contributed by atoms with Gasteiger partial charge in [-0.05, 0) is 31.2 Å². The number of para-hydroxylation sites is 2. The maximum atomic E-state index is 4.65. The lowest BCUT2D eigenvalue weighted by molar-refractivity contribution is 0.882. The summed E-state index contributed by atoms with van der Waals surface area (Å²) in [5, 5.41) is 9.60. The van der Waals surface area contributed by atoms with E-state index in [9.17, 15) is 0 Å². The topological polar surface area (TPSA) is 85.2 Å². The van der Waals surface area contributed by atoms with E-state index in [1.807, 2.05) is 28.8 Å². The van der Waals surface area contributed by atoms with Crippen molar-refractivity contribution in [2.45, 2.75) is 17.8 Å². The molecule has 3 aromatic heterocycles. The summed E-state index contributed by atoms with van der Waals surface area (Å²) in [6, 6.07) is 16.3. The molecule has 0 bridgehead atoms. The molecule has 3 heterocycles. The van der Waals surface area contributed by atoms with Crippen LogP contribution in [0.25, 0.3) is 28.2 Å². The van der Waals surface area contributed by atoms with Gasteiger partial charge in [0.15, 0.2) is 11.0 Å². The molecule has 2 aromatic carbocycles. The van der Waals surface area contributed by atoms with Crippen LogP contribution in [-0.4, -0.2) is 34.7 Å². The van der Waals surface area contributed by atoms with Crippen LogP contribution in [0.15, 0.2) is 72.3 Å². The van der Waals surface area contributed by atoms with Gasteiger partial charge in [-0.15, -0.1) is 10.2 Å². The highest BCUT2D eigenvalue weighted by molar-refractivity contribution is 7.98. The first kappa shape index (κ1) is 17.6. The zero-order chi connectivity index (χ0) is 19.6. The number of hydrogen-bond donors (Lipinski definition) is 1. The van der Waals surface area contributed by atoms with Crippen LogP contribution < -0.4 is 0 Å². The first-order valence-corrected chi connectivity index (χ1v) is 10.1. The number of nitrogens with zero attached hydrogens (tertiary/aromatic N) is 6. The summed E-state index contributed by atoms with van der Waals surface area (Å²) in [7, 11) is 0. The Labute approximate surface area is 171 Å². The second kappa shape index (κ2) is 7.48. The van der Waals surface area contributed by atoms with Crippen LogP contribution >= 0.6 is 11.8 Å². The third-order valence-corrected chi connectivity index (χ3v) is 5.43. The molecule has 0 aliphatic heterocycles. The number of rotatable bonds is 5. The molecule has 1 N–H and O–H groups in total. The van der Waals surface area contributed by atoms with Crippen LogP contribution in [0.4, 0.5) is 0 Å². The quantitative estimate of drug-likeness (QED) is 0.446. The Balaban J connectivity index is 1.52. The SMILES string of the molecule is Cc1ccc(-n2c(SCc3nc4ccccc4[nH]3)nnc2-c2cnccn2)cc1. The van der Waals surface area contributed by atoms with Crippen molar-refractivity contribution in [3.8, 4) is 17.2 Å². The highest BCUT2D eigenvalue weighted by Crippen LogP contribution is 2.28. The van der Waals surface area contributed by atoms with Crippen LogP contribution in [0.1, 0.15) is 11.4 Å². The number of aryl methyl sites for hydroxylation is 1. The van der Waals surface area contributed by atoms with Crippen molar-refractivity contribution < 1.29 is 0 Å². The monoisotopic (exact) mass is 399 g/mol. The van der Waals surface area contributed by atoms with Gasteiger partial charge in [0.25, 0.3) is 0 Å². The molecule has 0 spiro atoms. The number of H-pyrrole nitrogens is 1. The van der Waals surface area contributed by atoms with E-state index < -0.39 is 0 Å². The number of hydrogen-bond acceptors (Lipinski definition) is 6. The lowest BCUT2D eigenvalue weighted by Gasteiger charge is -2.09. The average Bonchev–Trinajstić information content (AvgIpc) is 3.37. The zero-order valence-electron chi connectivity index (χ0n) is 15.6. The predicted octanol–water partition coefficient (Wildman–Crippen LogP) is 4.20. The summed E-state index contributed by atoms with van der Waals surface area (Å²) in [5.41, 5.74) is 4.84. The van der Waals surface area contributed by atoms with Crippen molar-refractivity contribution >= 4 is 22.8 Å². The van der Waals surface area contributed by atoms with Crippen molar-refractivity contribution in [3.63, 3.8) is 0 Å². The summed E-state index contributed by atoms with van der Waals surface area (Å²) in [6.07, 6.45) is 5.00. The molecule has 0 aliphatic rings. The lowest BCUT2D eigenvalue weighted by Crippen LogP contribution is -2.01. The van der Waals surface area contributed by atoms with Crippen molar-refractivity contribution in [3.05, 3.63) is 78.5 Å². The molecule has 0 aliphatic carbocycles. The van der Waals surface area contributed by atoms with E-state index in [1.165, 1.54) is 5.56 Å². The summed E-state index contributed by atoms with van der Waals surface area (Å²) in [4.78, 5) is 16.6. The largest absolute Gasteiger partial charge is 0.341 e. The lowest BCUT2D eigenvalue weighted by atomic mass is 10.2. The molecule has 142 valence electrons. The normalized spacial score (nSPS) is 11.2. The van der Waals surface area contributed by atoms with Crippen molar-refractivity contribution in [1.29, 1.82) is 0 Å². The number of fused-ring (bicyclic) bond motifs is 1. The molecule has 7 nitrogen and oxygen atoms in total. The van der Waals surface area contributed by atoms with E-state index in [2.05, 4.69) is 61.3 Å². The van der Waals surface area contributed by atoms with Gasteiger partial charge in [0.2, 0.25) is 0 Å². The average molecular weight is 399 g/mol. The molecule has 0 amide bonds. The van der Waals surface area contributed by atoms with Gasteiger partial charge >= 0.3 is 0 Å². The number of thioether (sulfide) groups is 1. The van der Waals surface area contributed by atoms with E-state index in [-0.39, 0.29) is 0 Å². The second-order valence-corrected chi connectivity index (χ2v) is 7.50. The van der Waals surface area contributed by atoms with Gasteiger partial charge in [-0.25, -0.2) is 9.97 Å². The Morgan fingerprint density at radius 2 is 1.86 bits per heavy atom. The fourth-order valence-electron chi connectivity index (χ4n) is 3.08. The minimum absolute atomic E-state index is 0.652. The summed E-state index contributed by atoms with van der Waals surface area (Å²) >= 11 is 1.58. The zero-order valence-corrected chi connectivity index (χ0v) is 16.5. The fourth-order valence-corrected chi connectivity index (χ4v) is 3.90. The smallest absolute Gasteiger partial charge is 0.196 e. The maximum absolute atomic E-state index is 4.65. The predicted molar refractivity (Wildman–Crippen MR) is 113 cm³/mol.